The molecule has 0 saturated carbocycles. The Balaban J connectivity index is 1.32. The first-order valence-corrected chi connectivity index (χ1v) is 13.5. The largest absolute Gasteiger partial charge is 0.336 e. The predicted molar refractivity (Wildman–Crippen MR) is 131 cm³/mol. The van der Waals surface area contributed by atoms with Crippen LogP contribution in [0.3, 0.4) is 0 Å². The molecule has 1 unspecified atom stereocenters. The molecule has 0 spiro atoms. The molecule has 1 saturated heterocycles. The molecule has 8 heteroatoms. The van der Waals surface area contributed by atoms with Crippen LogP contribution in [0.1, 0.15) is 27.7 Å². The number of hydrogen-bond donors (Lipinski definition) is 0. The Bertz CT molecular complexity index is 1250. The first-order chi connectivity index (χ1) is 15.9. The number of fused-ring (bicyclic) bond motifs is 1. The minimum Gasteiger partial charge on any atom is -0.336 e. The molecule has 33 heavy (non-hydrogen) atoms. The van der Waals surface area contributed by atoms with Crippen LogP contribution in [0.2, 0.25) is 0 Å². The van der Waals surface area contributed by atoms with Gasteiger partial charge in [-0.2, -0.15) is 0 Å². The molecule has 1 aromatic heterocycles. The Hall–Kier alpha value is -2.68. The average Bonchev–Trinajstić information content (AvgIpc) is 3.46. The van der Waals surface area contributed by atoms with Crippen LogP contribution in [-0.4, -0.2) is 56.3 Å². The highest BCUT2D eigenvalue weighted by atomic mass is 32.2. The highest BCUT2D eigenvalue weighted by molar-refractivity contribution is 7.92. The molecular weight excluding hydrogens is 454 g/mol. The third-order valence-electron chi connectivity index (χ3n) is 6.40. The number of sulfonamides is 1. The molecule has 5 rings (SSSR count). The molecule has 1 fully saturated rings. The van der Waals surface area contributed by atoms with E-state index in [2.05, 4.69) is 22.4 Å². The summed E-state index contributed by atoms with van der Waals surface area (Å²) in [4.78, 5) is 18.8. The summed E-state index contributed by atoms with van der Waals surface area (Å²) in [6, 6.07) is 18.1. The molecule has 2 aliphatic heterocycles. The van der Waals surface area contributed by atoms with Gasteiger partial charge in [0.2, 0.25) is 0 Å². The van der Waals surface area contributed by atoms with E-state index in [1.807, 2.05) is 36.1 Å². The standard InChI is InChI=1S/C25H27N3O3S2/c1-19-16-20-6-2-3-10-24(20)28(19)33(30,31)23-9-4-7-21(17-23)25(29)27-13-11-26(12-14-27)18-22-8-5-15-32-22/h2-10,15,17,19H,11-14,16,18H2,1H3. The summed E-state index contributed by atoms with van der Waals surface area (Å²) >= 11 is 1.75. The lowest BCUT2D eigenvalue weighted by Crippen LogP contribution is -2.48. The summed E-state index contributed by atoms with van der Waals surface area (Å²) in [5.74, 6) is -0.113. The Morgan fingerprint density at radius 2 is 1.79 bits per heavy atom. The first-order valence-electron chi connectivity index (χ1n) is 11.2. The van der Waals surface area contributed by atoms with E-state index in [4.69, 9.17) is 0 Å². The van der Waals surface area contributed by atoms with Crippen molar-refractivity contribution < 1.29 is 13.2 Å². The van der Waals surface area contributed by atoms with Crippen LogP contribution < -0.4 is 4.31 Å². The minimum atomic E-state index is -3.77. The molecule has 1 amide bonds. The van der Waals surface area contributed by atoms with E-state index in [1.54, 1.807) is 29.5 Å². The highest BCUT2D eigenvalue weighted by Gasteiger charge is 2.36. The zero-order chi connectivity index (χ0) is 23.0. The average molecular weight is 482 g/mol. The molecule has 0 radical (unpaired) electrons. The van der Waals surface area contributed by atoms with Crippen LogP contribution in [0.5, 0.6) is 0 Å². The molecule has 2 aliphatic rings. The molecule has 0 aliphatic carbocycles. The van der Waals surface area contributed by atoms with Crippen molar-refractivity contribution in [2.75, 3.05) is 30.5 Å². The number of amides is 1. The summed E-state index contributed by atoms with van der Waals surface area (Å²) in [6.07, 6.45) is 0.684. The molecule has 6 nitrogen and oxygen atoms in total. The third-order valence-corrected chi connectivity index (χ3v) is 9.19. The van der Waals surface area contributed by atoms with Gasteiger partial charge in [-0.15, -0.1) is 11.3 Å². The zero-order valence-electron chi connectivity index (χ0n) is 18.6. The maximum atomic E-state index is 13.5. The summed E-state index contributed by atoms with van der Waals surface area (Å²) in [7, 11) is -3.77. The second-order valence-electron chi connectivity index (χ2n) is 8.66. The Morgan fingerprint density at radius 1 is 1.00 bits per heavy atom. The number of nitrogens with zero attached hydrogens (tertiary/aromatic N) is 3. The number of anilines is 1. The molecule has 0 bridgehead atoms. The quantitative estimate of drug-likeness (QED) is 0.556. The van der Waals surface area contributed by atoms with E-state index in [1.165, 1.54) is 15.2 Å². The number of carbonyl (C=O) groups excluding carboxylic acids is 1. The lowest BCUT2D eigenvalue weighted by Gasteiger charge is -2.34. The third kappa shape index (κ3) is 4.30. The van der Waals surface area contributed by atoms with Crippen LogP contribution in [0.4, 0.5) is 5.69 Å². The minimum absolute atomic E-state index is 0.113. The van der Waals surface area contributed by atoms with Gasteiger partial charge in [-0.25, -0.2) is 8.42 Å². The lowest BCUT2D eigenvalue weighted by atomic mass is 10.1. The van der Waals surface area contributed by atoms with Crippen molar-refractivity contribution in [1.82, 2.24) is 9.80 Å². The van der Waals surface area contributed by atoms with Gasteiger partial charge in [0.05, 0.1) is 10.6 Å². The van der Waals surface area contributed by atoms with Gasteiger partial charge in [0.15, 0.2) is 0 Å². The Morgan fingerprint density at radius 3 is 2.55 bits per heavy atom. The molecule has 1 atom stereocenters. The fourth-order valence-electron chi connectivity index (χ4n) is 4.72. The summed E-state index contributed by atoms with van der Waals surface area (Å²) < 4.78 is 28.6. The smallest absolute Gasteiger partial charge is 0.264 e. The van der Waals surface area contributed by atoms with Crippen LogP contribution in [0.15, 0.2) is 70.9 Å². The fourth-order valence-corrected chi connectivity index (χ4v) is 7.21. The number of piperazine rings is 1. The van der Waals surface area contributed by atoms with Crippen molar-refractivity contribution in [2.45, 2.75) is 30.8 Å². The molecule has 172 valence electrons. The number of carbonyl (C=O) groups is 1. The van der Waals surface area contributed by atoms with Crippen molar-refractivity contribution >= 4 is 33.0 Å². The SMILES string of the molecule is CC1Cc2ccccc2N1S(=O)(=O)c1cccc(C(=O)N2CCN(Cc3cccs3)CC2)c1. The number of hydrogen-bond acceptors (Lipinski definition) is 5. The number of para-hydroxylation sites is 1. The summed E-state index contributed by atoms with van der Waals surface area (Å²) in [5, 5.41) is 2.08. The number of rotatable bonds is 5. The molecule has 2 aromatic carbocycles. The number of benzene rings is 2. The molecule has 3 aromatic rings. The van der Waals surface area contributed by atoms with E-state index in [-0.39, 0.29) is 16.8 Å². The highest BCUT2D eigenvalue weighted by Crippen LogP contribution is 2.36. The maximum absolute atomic E-state index is 13.5. The normalized spacial score (nSPS) is 19.0. The van der Waals surface area contributed by atoms with Gasteiger partial charge in [-0.1, -0.05) is 30.3 Å². The van der Waals surface area contributed by atoms with Crippen LogP contribution in [-0.2, 0) is 23.0 Å². The van der Waals surface area contributed by atoms with E-state index in [0.717, 1.165) is 30.9 Å². The van der Waals surface area contributed by atoms with Gasteiger partial charge >= 0.3 is 0 Å². The monoisotopic (exact) mass is 481 g/mol. The van der Waals surface area contributed by atoms with Gasteiger partial charge in [0.1, 0.15) is 0 Å². The van der Waals surface area contributed by atoms with Crippen molar-refractivity contribution in [3.05, 3.63) is 82.0 Å². The van der Waals surface area contributed by atoms with E-state index in [0.29, 0.717) is 25.1 Å². The maximum Gasteiger partial charge on any atom is 0.264 e. The Kier molecular flexibility index (Phi) is 5.99. The second kappa shape index (κ2) is 8.93. The van der Waals surface area contributed by atoms with Crippen LogP contribution in [0.25, 0.3) is 0 Å². The van der Waals surface area contributed by atoms with Crippen molar-refractivity contribution in [3.63, 3.8) is 0 Å². The summed E-state index contributed by atoms with van der Waals surface area (Å²) in [5.41, 5.74) is 2.17. The van der Waals surface area contributed by atoms with Gasteiger partial charge in [0.25, 0.3) is 15.9 Å². The van der Waals surface area contributed by atoms with Gasteiger partial charge in [-0.05, 0) is 54.6 Å². The molecule has 3 heterocycles. The van der Waals surface area contributed by atoms with E-state index < -0.39 is 10.0 Å². The van der Waals surface area contributed by atoms with Crippen molar-refractivity contribution in [2.24, 2.45) is 0 Å². The van der Waals surface area contributed by atoms with Crippen LogP contribution >= 0.6 is 11.3 Å². The second-order valence-corrected chi connectivity index (χ2v) is 11.5. The Labute approximate surface area is 199 Å². The predicted octanol–water partition coefficient (Wildman–Crippen LogP) is 3.85. The number of thiophene rings is 1. The van der Waals surface area contributed by atoms with Gasteiger partial charge in [-0.3, -0.25) is 14.0 Å². The fraction of sp³-hybridized carbons (Fsp3) is 0.320. The zero-order valence-corrected chi connectivity index (χ0v) is 20.2. The van der Waals surface area contributed by atoms with E-state index in [9.17, 15) is 13.2 Å². The van der Waals surface area contributed by atoms with Crippen molar-refractivity contribution in [3.8, 4) is 0 Å². The van der Waals surface area contributed by atoms with Crippen molar-refractivity contribution in [1.29, 1.82) is 0 Å². The first kappa shape index (κ1) is 22.1. The van der Waals surface area contributed by atoms with Gasteiger partial charge in [0, 0.05) is 49.2 Å². The molecule has 0 N–H and O–H groups in total. The van der Waals surface area contributed by atoms with E-state index >= 15 is 0 Å². The topological polar surface area (TPSA) is 60.9 Å². The summed E-state index contributed by atoms with van der Waals surface area (Å²) in [6.45, 7) is 5.72. The van der Waals surface area contributed by atoms with Gasteiger partial charge < -0.3 is 4.90 Å². The molecular formula is C25H27N3O3S2. The van der Waals surface area contributed by atoms with Crippen LogP contribution in [0, 0.1) is 0 Å². The lowest BCUT2D eigenvalue weighted by molar-refractivity contribution is 0.0629.